The van der Waals surface area contributed by atoms with E-state index in [4.69, 9.17) is 0 Å². The van der Waals surface area contributed by atoms with Crippen LogP contribution in [0.3, 0.4) is 0 Å². The van der Waals surface area contributed by atoms with Crippen LogP contribution in [0, 0.1) is 5.82 Å². The molecule has 1 aliphatic heterocycles. The van der Waals surface area contributed by atoms with E-state index in [1.54, 1.807) is 6.07 Å². The lowest BCUT2D eigenvalue weighted by atomic mass is 10.1. The highest BCUT2D eigenvalue weighted by molar-refractivity contribution is 7.99. The molecule has 1 saturated carbocycles. The number of benzene rings is 1. The molecule has 4 heteroatoms. The molecule has 0 spiro atoms. The predicted octanol–water partition coefficient (Wildman–Crippen LogP) is 3.02. The van der Waals surface area contributed by atoms with Gasteiger partial charge in [0.05, 0.1) is 5.69 Å². The van der Waals surface area contributed by atoms with Crippen LogP contribution in [0.5, 0.6) is 0 Å². The maximum Gasteiger partial charge on any atom is 0.146 e. The summed E-state index contributed by atoms with van der Waals surface area (Å²) >= 11 is 1.97. The van der Waals surface area contributed by atoms with Crippen molar-refractivity contribution in [3.63, 3.8) is 0 Å². The number of hydrogen-bond donors (Lipinski definition) is 1. The Hall–Kier alpha value is -0.740. The average Bonchev–Trinajstić information content (AvgIpc) is 3.24. The molecule has 0 atom stereocenters. The molecule has 0 bridgehead atoms. The van der Waals surface area contributed by atoms with Crippen molar-refractivity contribution in [2.45, 2.75) is 31.8 Å². The summed E-state index contributed by atoms with van der Waals surface area (Å²) in [6.45, 7) is 2.72. The minimum absolute atomic E-state index is 0.0676. The summed E-state index contributed by atoms with van der Waals surface area (Å²) in [7, 11) is 0. The zero-order valence-electron chi connectivity index (χ0n) is 11.2. The molecule has 1 saturated heterocycles. The van der Waals surface area contributed by atoms with Crippen molar-refractivity contribution in [2.24, 2.45) is 0 Å². The first-order valence-electron chi connectivity index (χ1n) is 7.17. The summed E-state index contributed by atoms with van der Waals surface area (Å²) in [6.07, 6.45) is 3.69. The molecular formula is C15H21FN2S. The second kappa shape index (κ2) is 6.14. The van der Waals surface area contributed by atoms with Crippen molar-refractivity contribution >= 4 is 17.4 Å². The van der Waals surface area contributed by atoms with Crippen LogP contribution in [-0.4, -0.2) is 30.6 Å². The number of nitrogens with one attached hydrogen (secondary N) is 1. The SMILES string of the molecule is Fc1cc(CNC2CC2)ccc1N1CCCSCC1. The summed E-state index contributed by atoms with van der Waals surface area (Å²) < 4.78 is 14.2. The Balaban J connectivity index is 1.66. The van der Waals surface area contributed by atoms with Crippen molar-refractivity contribution in [1.29, 1.82) is 0 Å². The lowest BCUT2D eigenvalue weighted by Gasteiger charge is -2.23. The Labute approximate surface area is 118 Å². The van der Waals surface area contributed by atoms with Gasteiger partial charge < -0.3 is 10.2 Å². The highest BCUT2D eigenvalue weighted by Gasteiger charge is 2.20. The van der Waals surface area contributed by atoms with Gasteiger partial charge in [0.2, 0.25) is 0 Å². The molecule has 1 aromatic rings. The molecule has 0 aromatic heterocycles. The second-order valence-electron chi connectivity index (χ2n) is 5.39. The first-order valence-corrected chi connectivity index (χ1v) is 8.33. The van der Waals surface area contributed by atoms with Crippen molar-refractivity contribution in [3.05, 3.63) is 29.6 Å². The van der Waals surface area contributed by atoms with Crippen LogP contribution in [0.25, 0.3) is 0 Å². The summed E-state index contributed by atoms with van der Waals surface area (Å²) in [4.78, 5) is 2.19. The van der Waals surface area contributed by atoms with Gasteiger partial charge in [0.25, 0.3) is 0 Å². The van der Waals surface area contributed by atoms with E-state index in [0.717, 1.165) is 43.1 Å². The van der Waals surface area contributed by atoms with Crippen molar-refractivity contribution < 1.29 is 4.39 Å². The summed E-state index contributed by atoms with van der Waals surface area (Å²) in [6, 6.07) is 6.38. The molecule has 104 valence electrons. The second-order valence-corrected chi connectivity index (χ2v) is 6.62. The average molecular weight is 280 g/mol. The summed E-state index contributed by atoms with van der Waals surface area (Å²) in [5, 5.41) is 3.43. The van der Waals surface area contributed by atoms with Crippen molar-refractivity contribution in [2.75, 3.05) is 29.5 Å². The van der Waals surface area contributed by atoms with Gasteiger partial charge in [0.1, 0.15) is 5.82 Å². The van der Waals surface area contributed by atoms with Crippen LogP contribution < -0.4 is 10.2 Å². The summed E-state index contributed by atoms with van der Waals surface area (Å²) in [5.74, 6) is 2.23. The first kappa shape index (κ1) is 13.3. The third kappa shape index (κ3) is 3.63. The number of anilines is 1. The maximum atomic E-state index is 14.2. The molecule has 1 aromatic carbocycles. The largest absolute Gasteiger partial charge is 0.368 e. The zero-order chi connectivity index (χ0) is 13.1. The minimum Gasteiger partial charge on any atom is -0.368 e. The van der Waals surface area contributed by atoms with Gasteiger partial charge in [-0.15, -0.1) is 0 Å². The normalized spacial score (nSPS) is 20.4. The van der Waals surface area contributed by atoms with E-state index in [0.29, 0.717) is 6.04 Å². The highest BCUT2D eigenvalue weighted by Crippen LogP contribution is 2.24. The number of thioether (sulfide) groups is 1. The van der Waals surface area contributed by atoms with E-state index < -0.39 is 0 Å². The maximum absolute atomic E-state index is 14.2. The fourth-order valence-corrected chi connectivity index (χ4v) is 3.34. The molecule has 0 radical (unpaired) electrons. The molecule has 2 nitrogen and oxygen atoms in total. The van der Waals surface area contributed by atoms with Gasteiger partial charge in [0, 0.05) is 31.4 Å². The number of halogens is 1. The number of rotatable bonds is 4. The van der Waals surface area contributed by atoms with Crippen LogP contribution in [0.1, 0.15) is 24.8 Å². The predicted molar refractivity (Wildman–Crippen MR) is 80.4 cm³/mol. The topological polar surface area (TPSA) is 15.3 Å². The molecule has 1 heterocycles. The van der Waals surface area contributed by atoms with Crippen LogP contribution >= 0.6 is 11.8 Å². The quantitative estimate of drug-likeness (QED) is 0.912. The van der Waals surface area contributed by atoms with E-state index in [1.165, 1.54) is 18.6 Å². The summed E-state index contributed by atoms with van der Waals surface area (Å²) in [5.41, 5.74) is 1.83. The van der Waals surface area contributed by atoms with Gasteiger partial charge in [-0.3, -0.25) is 0 Å². The van der Waals surface area contributed by atoms with Crippen LogP contribution in [-0.2, 0) is 6.54 Å². The minimum atomic E-state index is -0.0676. The molecule has 0 unspecified atom stereocenters. The third-order valence-corrected chi connectivity index (χ3v) is 4.80. The highest BCUT2D eigenvalue weighted by atomic mass is 32.2. The van der Waals surface area contributed by atoms with Crippen LogP contribution in [0.2, 0.25) is 0 Å². The molecule has 1 aliphatic carbocycles. The first-order chi connectivity index (χ1) is 9.33. The van der Waals surface area contributed by atoms with E-state index in [-0.39, 0.29) is 5.82 Å². The van der Waals surface area contributed by atoms with E-state index in [2.05, 4.69) is 16.3 Å². The van der Waals surface area contributed by atoms with E-state index in [9.17, 15) is 4.39 Å². The van der Waals surface area contributed by atoms with Crippen molar-refractivity contribution in [3.8, 4) is 0 Å². The molecule has 0 amide bonds. The Bertz CT molecular complexity index is 426. The molecular weight excluding hydrogens is 259 g/mol. The Morgan fingerprint density at radius 3 is 2.95 bits per heavy atom. The molecule has 1 N–H and O–H groups in total. The van der Waals surface area contributed by atoms with Gasteiger partial charge in [-0.05, 0) is 42.7 Å². The van der Waals surface area contributed by atoms with Gasteiger partial charge in [-0.25, -0.2) is 4.39 Å². The van der Waals surface area contributed by atoms with Gasteiger partial charge in [-0.2, -0.15) is 11.8 Å². The lowest BCUT2D eigenvalue weighted by molar-refractivity contribution is 0.611. The molecule has 2 aliphatic rings. The third-order valence-electron chi connectivity index (χ3n) is 3.75. The number of hydrogen-bond acceptors (Lipinski definition) is 3. The monoisotopic (exact) mass is 280 g/mol. The Kier molecular flexibility index (Phi) is 4.28. The van der Waals surface area contributed by atoms with Crippen molar-refractivity contribution in [1.82, 2.24) is 5.32 Å². The van der Waals surface area contributed by atoms with Gasteiger partial charge >= 0.3 is 0 Å². The molecule has 2 fully saturated rings. The van der Waals surface area contributed by atoms with Gasteiger partial charge in [0.15, 0.2) is 0 Å². The molecule has 19 heavy (non-hydrogen) atoms. The van der Waals surface area contributed by atoms with Crippen LogP contribution in [0.4, 0.5) is 10.1 Å². The Morgan fingerprint density at radius 1 is 1.26 bits per heavy atom. The fraction of sp³-hybridized carbons (Fsp3) is 0.600. The zero-order valence-corrected chi connectivity index (χ0v) is 12.0. The standard InChI is InChI=1S/C15H21FN2S/c16-14-10-12(11-17-13-3-4-13)2-5-15(14)18-6-1-8-19-9-7-18/h2,5,10,13,17H,1,3-4,6-9,11H2. The van der Waals surface area contributed by atoms with Crippen LogP contribution in [0.15, 0.2) is 18.2 Å². The number of nitrogens with zero attached hydrogens (tertiary/aromatic N) is 1. The van der Waals surface area contributed by atoms with E-state index >= 15 is 0 Å². The van der Waals surface area contributed by atoms with E-state index in [1.807, 2.05) is 17.8 Å². The Morgan fingerprint density at radius 2 is 2.16 bits per heavy atom. The smallest absolute Gasteiger partial charge is 0.146 e. The fourth-order valence-electron chi connectivity index (χ4n) is 2.45. The van der Waals surface area contributed by atoms with Gasteiger partial charge in [-0.1, -0.05) is 6.07 Å². The lowest BCUT2D eigenvalue weighted by Crippen LogP contribution is -2.26. The molecule has 3 rings (SSSR count).